The van der Waals surface area contributed by atoms with Crippen molar-refractivity contribution in [3.05, 3.63) is 53.7 Å². The number of allylic oxidation sites excluding steroid dienone is 1. The highest BCUT2D eigenvalue weighted by molar-refractivity contribution is 5.82. The van der Waals surface area contributed by atoms with E-state index >= 15 is 0 Å². The number of hydrogen-bond donors (Lipinski definition) is 1. The third-order valence-corrected chi connectivity index (χ3v) is 3.89. The van der Waals surface area contributed by atoms with E-state index in [2.05, 4.69) is 35.3 Å². The average molecular weight is 252 g/mol. The number of fused-ring (bicyclic) bond motifs is 1. The van der Waals surface area contributed by atoms with Gasteiger partial charge in [0.1, 0.15) is 0 Å². The van der Waals surface area contributed by atoms with E-state index in [0.29, 0.717) is 0 Å². The number of nitrogens with zero attached hydrogens (tertiary/aromatic N) is 1. The largest absolute Gasteiger partial charge is 0.324 e. The summed E-state index contributed by atoms with van der Waals surface area (Å²) in [5, 5.41) is 1.27. The molecule has 2 heteroatoms. The molecule has 2 aromatic rings. The van der Waals surface area contributed by atoms with Crippen molar-refractivity contribution < 1.29 is 0 Å². The molecular weight excluding hydrogens is 232 g/mol. The Kier molecular flexibility index (Phi) is 3.60. The highest BCUT2D eigenvalue weighted by Gasteiger charge is 2.10. The van der Waals surface area contributed by atoms with Crippen LogP contribution in [0.5, 0.6) is 0 Å². The number of aromatic nitrogens is 1. The van der Waals surface area contributed by atoms with Gasteiger partial charge in [-0.05, 0) is 43.4 Å². The average Bonchev–Trinajstić information content (AvgIpc) is 2.63. The Hall–Kier alpha value is -1.67. The Morgan fingerprint density at radius 1 is 1.16 bits per heavy atom. The molecule has 1 aromatic carbocycles. The fraction of sp³-hybridized carbons (Fsp3) is 0.353. The van der Waals surface area contributed by atoms with Crippen LogP contribution in [0.4, 0.5) is 0 Å². The van der Waals surface area contributed by atoms with Crippen molar-refractivity contribution in [3.8, 4) is 0 Å². The minimum Gasteiger partial charge on any atom is -0.324 e. The Morgan fingerprint density at radius 2 is 2.05 bits per heavy atom. The first kappa shape index (κ1) is 12.4. The third-order valence-electron chi connectivity index (χ3n) is 3.89. The lowest BCUT2D eigenvalue weighted by Gasteiger charge is -2.09. The summed E-state index contributed by atoms with van der Waals surface area (Å²) in [6.07, 6.45) is 10.0. The first-order valence-electron chi connectivity index (χ1n) is 7.11. The molecule has 1 aliphatic carbocycles. The Labute approximate surface area is 114 Å². The van der Waals surface area contributed by atoms with E-state index in [0.717, 1.165) is 18.4 Å². The van der Waals surface area contributed by atoms with E-state index < -0.39 is 0 Å². The maximum Gasteiger partial charge on any atom is 0.0704 e. The zero-order valence-corrected chi connectivity index (χ0v) is 11.2. The smallest absolute Gasteiger partial charge is 0.0704 e. The van der Waals surface area contributed by atoms with Crippen LogP contribution in [0.25, 0.3) is 10.9 Å². The van der Waals surface area contributed by atoms with E-state index in [1.54, 1.807) is 0 Å². The molecule has 3 rings (SSSR count). The number of rotatable bonds is 2. The van der Waals surface area contributed by atoms with Gasteiger partial charge in [0.2, 0.25) is 0 Å². The summed E-state index contributed by atoms with van der Waals surface area (Å²) in [5.74, 6) is 0. The monoisotopic (exact) mass is 252 g/mol. The van der Waals surface area contributed by atoms with Crippen LogP contribution < -0.4 is 5.73 Å². The predicted molar refractivity (Wildman–Crippen MR) is 80.0 cm³/mol. The molecule has 2 nitrogen and oxygen atoms in total. The van der Waals surface area contributed by atoms with Crippen LogP contribution in [-0.2, 0) is 6.42 Å². The van der Waals surface area contributed by atoms with Crippen molar-refractivity contribution >= 4 is 10.9 Å². The molecule has 1 aromatic heterocycles. The molecule has 1 unspecified atom stereocenters. The second-order valence-electron chi connectivity index (χ2n) is 5.40. The van der Waals surface area contributed by atoms with Gasteiger partial charge in [-0.2, -0.15) is 0 Å². The highest BCUT2D eigenvalue weighted by atomic mass is 14.6. The molecule has 2 N–H and O–H groups in total. The van der Waals surface area contributed by atoms with Crippen molar-refractivity contribution in [3.63, 3.8) is 0 Å². The molecule has 0 spiro atoms. The summed E-state index contributed by atoms with van der Waals surface area (Å²) in [4.78, 5) is 4.42. The SMILES string of the molecule is NC1C=C(Cc2ccnc3ccccc23)CCCC1. The maximum absolute atomic E-state index is 6.10. The lowest BCUT2D eigenvalue weighted by atomic mass is 9.98. The van der Waals surface area contributed by atoms with Crippen molar-refractivity contribution in [1.82, 2.24) is 4.98 Å². The van der Waals surface area contributed by atoms with Gasteiger partial charge in [0.15, 0.2) is 0 Å². The number of pyridine rings is 1. The number of nitrogens with two attached hydrogens (primary N) is 1. The van der Waals surface area contributed by atoms with Crippen molar-refractivity contribution in [1.29, 1.82) is 0 Å². The first-order valence-corrected chi connectivity index (χ1v) is 7.11. The van der Waals surface area contributed by atoms with Crippen LogP contribution in [0.15, 0.2) is 48.2 Å². The second kappa shape index (κ2) is 5.54. The lowest BCUT2D eigenvalue weighted by Crippen LogP contribution is -2.16. The van der Waals surface area contributed by atoms with E-state index in [4.69, 9.17) is 5.73 Å². The molecule has 1 atom stereocenters. The normalized spacial score (nSPS) is 20.1. The van der Waals surface area contributed by atoms with Crippen LogP contribution in [0.3, 0.4) is 0 Å². The first-order chi connectivity index (χ1) is 9.33. The zero-order valence-electron chi connectivity index (χ0n) is 11.2. The van der Waals surface area contributed by atoms with E-state index in [1.165, 1.54) is 35.8 Å². The zero-order chi connectivity index (χ0) is 13.1. The highest BCUT2D eigenvalue weighted by Crippen LogP contribution is 2.24. The summed E-state index contributed by atoms with van der Waals surface area (Å²) in [6, 6.07) is 10.7. The Bertz CT molecular complexity index is 596. The Balaban J connectivity index is 1.92. The number of hydrogen-bond acceptors (Lipinski definition) is 2. The fourth-order valence-corrected chi connectivity index (χ4v) is 2.90. The molecule has 0 amide bonds. The van der Waals surface area contributed by atoms with E-state index in [1.807, 2.05) is 12.3 Å². The summed E-state index contributed by atoms with van der Waals surface area (Å²) < 4.78 is 0. The second-order valence-corrected chi connectivity index (χ2v) is 5.40. The van der Waals surface area contributed by atoms with Gasteiger partial charge >= 0.3 is 0 Å². The molecule has 0 saturated carbocycles. The fourth-order valence-electron chi connectivity index (χ4n) is 2.90. The van der Waals surface area contributed by atoms with Gasteiger partial charge in [-0.15, -0.1) is 0 Å². The molecule has 0 fully saturated rings. The molecule has 0 saturated heterocycles. The minimum atomic E-state index is 0.241. The van der Waals surface area contributed by atoms with Crippen molar-refractivity contribution in [2.24, 2.45) is 5.73 Å². The summed E-state index contributed by atoms with van der Waals surface area (Å²) in [6.45, 7) is 0. The topological polar surface area (TPSA) is 38.9 Å². The Morgan fingerprint density at radius 3 is 3.00 bits per heavy atom. The van der Waals surface area contributed by atoms with Gasteiger partial charge in [-0.25, -0.2) is 0 Å². The minimum absolute atomic E-state index is 0.241. The van der Waals surface area contributed by atoms with Gasteiger partial charge in [-0.3, -0.25) is 4.98 Å². The van der Waals surface area contributed by atoms with Gasteiger partial charge in [0.25, 0.3) is 0 Å². The molecule has 1 heterocycles. The van der Waals surface area contributed by atoms with Crippen LogP contribution in [-0.4, -0.2) is 11.0 Å². The standard InChI is InChI=1S/C17H20N2/c18-15-6-2-1-5-13(12-15)11-14-9-10-19-17-8-4-3-7-16(14)17/h3-4,7-10,12,15H,1-2,5-6,11,18H2. The molecule has 98 valence electrons. The van der Waals surface area contributed by atoms with Crippen LogP contribution in [0.1, 0.15) is 31.2 Å². The summed E-state index contributed by atoms with van der Waals surface area (Å²) >= 11 is 0. The predicted octanol–water partition coefficient (Wildman–Crippen LogP) is 3.61. The number of para-hydroxylation sites is 1. The molecule has 0 radical (unpaired) electrons. The van der Waals surface area contributed by atoms with Gasteiger partial charge in [0, 0.05) is 17.6 Å². The summed E-state index contributed by atoms with van der Waals surface area (Å²) in [7, 11) is 0. The molecular formula is C17H20N2. The molecule has 19 heavy (non-hydrogen) atoms. The maximum atomic E-state index is 6.10. The molecule has 0 aliphatic heterocycles. The number of benzene rings is 1. The van der Waals surface area contributed by atoms with Gasteiger partial charge < -0.3 is 5.73 Å². The summed E-state index contributed by atoms with van der Waals surface area (Å²) in [5.41, 5.74) is 10.0. The van der Waals surface area contributed by atoms with Crippen molar-refractivity contribution in [2.75, 3.05) is 0 Å². The van der Waals surface area contributed by atoms with E-state index in [-0.39, 0.29) is 6.04 Å². The lowest BCUT2D eigenvalue weighted by molar-refractivity contribution is 0.654. The van der Waals surface area contributed by atoms with Gasteiger partial charge in [0.05, 0.1) is 5.52 Å². The quantitative estimate of drug-likeness (QED) is 0.829. The molecule has 0 bridgehead atoms. The van der Waals surface area contributed by atoms with Crippen LogP contribution in [0, 0.1) is 0 Å². The van der Waals surface area contributed by atoms with E-state index in [9.17, 15) is 0 Å². The van der Waals surface area contributed by atoms with Crippen LogP contribution >= 0.6 is 0 Å². The molecule has 1 aliphatic rings. The van der Waals surface area contributed by atoms with Crippen molar-refractivity contribution in [2.45, 2.75) is 38.1 Å². The third kappa shape index (κ3) is 2.85. The van der Waals surface area contributed by atoms with Crippen LogP contribution in [0.2, 0.25) is 0 Å². The van der Waals surface area contributed by atoms with Gasteiger partial charge in [-0.1, -0.05) is 36.3 Å².